The molecule has 1 saturated carbocycles. The Morgan fingerprint density at radius 3 is 2.00 bits per heavy atom. The lowest BCUT2D eigenvalue weighted by Crippen LogP contribution is -2.68. The van der Waals surface area contributed by atoms with Crippen molar-refractivity contribution < 1.29 is 54.7 Å². The van der Waals surface area contributed by atoms with E-state index in [1.807, 2.05) is 0 Å². The van der Waals surface area contributed by atoms with E-state index in [4.69, 9.17) is 41.9 Å². The average Bonchev–Trinajstić information content (AvgIpc) is 3.06. The summed E-state index contributed by atoms with van der Waals surface area (Å²) >= 11 is 0. The Balaban J connectivity index is 1.79. The highest BCUT2D eigenvalue weighted by molar-refractivity contribution is 5.02. The fraction of sp³-hybridized carbons (Fsp3) is 1.00. The number of hydrogen-bond donors (Lipinski definition) is 11. The van der Waals surface area contributed by atoms with Crippen LogP contribution in [0.5, 0.6) is 0 Å². The van der Waals surface area contributed by atoms with Crippen LogP contribution >= 0.6 is 0 Å². The summed E-state index contributed by atoms with van der Waals surface area (Å²) in [6.45, 7) is -0.857. The summed E-state index contributed by atoms with van der Waals surface area (Å²) in [5.74, 6) is 0. The van der Waals surface area contributed by atoms with Gasteiger partial charge in [-0.2, -0.15) is 0 Å². The summed E-state index contributed by atoms with van der Waals surface area (Å²) in [5.41, 5.74) is 23.6. The van der Waals surface area contributed by atoms with Gasteiger partial charge in [0, 0.05) is 18.6 Å². The maximum atomic E-state index is 10.7. The van der Waals surface area contributed by atoms with Crippen LogP contribution in [0, 0.1) is 0 Å². The highest BCUT2D eigenvalue weighted by Gasteiger charge is 2.52. The van der Waals surface area contributed by atoms with Gasteiger partial charge in [-0.25, -0.2) is 0 Å². The topological polar surface area (TPSA) is 283 Å². The molecule has 8 unspecified atom stereocenters. The molecule has 194 valence electrons. The Kier molecular flexibility index (Phi) is 8.99. The van der Waals surface area contributed by atoms with Gasteiger partial charge in [0.2, 0.25) is 0 Å². The molecule has 0 aromatic carbocycles. The van der Waals surface area contributed by atoms with Crippen molar-refractivity contribution in [2.24, 2.45) is 22.9 Å². The van der Waals surface area contributed by atoms with Crippen LogP contribution in [0.1, 0.15) is 6.42 Å². The average molecular weight is 485 g/mol. The first kappa shape index (κ1) is 27.0. The number of rotatable bonds is 7. The third-order valence-corrected chi connectivity index (χ3v) is 6.45. The van der Waals surface area contributed by atoms with Crippen LogP contribution in [-0.4, -0.2) is 141 Å². The summed E-state index contributed by atoms with van der Waals surface area (Å²) in [5, 5.41) is 70.5. The summed E-state index contributed by atoms with van der Waals surface area (Å²) in [6, 6.07) is -2.95. The SMILES string of the molecule is NC[C@H]1O[C@@H](OC2[C@H](O)C(N)CC(N)[C@H]2O[C@H]2OC([C@H](O)CO)[C@@H](O)C(O)C2N)C(O)C1O. The molecule has 33 heavy (non-hydrogen) atoms. The van der Waals surface area contributed by atoms with E-state index in [1.165, 1.54) is 0 Å². The maximum absolute atomic E-state index is 10.7. The Morgan fingerprint density at radius 2 is 1.42 bits per heavy atom. The summed E-state index contributed by atoms with van der Waals surface area (Å²) in [7, 11) is 0. The van der Waals surface area contributed by atoms with E-state index in [0.717, 1.165) is 0 Å². The molecule has 0 radical (unpaired) electrons. The lowest BCUT2D eigenvalue weighted by molar-refractivity contribution is -0.317. The van der Waals surface area contributed by atoms with Crippen LogP contribution in [0.25, 0.3) is 0 Å². The number of aliphatic hydroxyl groups is 7. The summed E-state index contributed by atoms with van der Waals surface area (Å²) < 4.78 is 22.5. The first-order chi connectivity index (χ1) is 15.5. The minimum absolute atomic E-state index is 0.0934. The highest BCUT2D eigenvalue weighted by atomic mass is 16.7. The molecule has 15 N–H and O–H groups in total. The van der Waals surface area contributed by atoms with Gasteiger partial charge in [0.25, 0.3) is 0 Å². The van der Waals surface area contributed by atoms with E-state index < -0.39 is 98.4 Å². The van der Waals surface area contributed by atoms with Crippen LogP contribution < -0.4 is 22.9 Å². The number of aliphatic hydroxyl groups excluding tert-OH is 7. The van der Waals surface area contributed by atoms with Gasteiger partial charge in [-0.3, -0.25) is 0 Å². The second-order valence-corrected chi connectivity index (χ2v) is 8.79. The van der Waals surface area contributed by atoms with Crippen LogP contribution in [0.2, 0.25) is 0 Å². The molecule has 2 heterocycles. The Bertz CT molecular complexity index is 638. The first-order valence-corrected chi connectivity index (χ1v) is 10.8. The molecular weight excluding hydrogens is 448 g/mol. The van der Waals surface area contributed by atoms with E-state index in [0.29, 0.717) is 0 Å². The minimum Gasteiger partial charge on any atom is -0.394 e. The summed E-state index contributed by atoms with van der Waals surface area (Å²) in [6.07, 6.45) is -16.4. The first-order valence-electron chi connectivity index (χ1n) is 10.8. The predicted octanol–water partition coefficient (Wildman–Crippen LogP) is -7.29. The molecule has 0 bridgehead atoms. The largest absolute Gasteiger partial charge is 0.394 e. The molecule has 0 amide bonds. The van der Waals surface area contributed by atoms with E-state index in [9.17, 15) is 35.7 Å². The lowest BCUT2D eigenvalue weighted by atomic mass is 9.84. The highest BCUT2D eigenvalue weighted by Crippen LogP contribution is 2.32. The monoisotopic (exact) mass is 484 g/mol. The molecule has 3 rings (SSSR count). The quantitative estimate of drug-likeness (QED) is 0.160. The van der Waals surface area contributed by atoms with Gasteiger partial charge >= 0.3 is 0 Å². The molecule has 15 atom stereocenters. The van der Waals surface area contributed by atoms with Crippen LogP contribution in [-0.2, 0) is 18.9 Å². The van der Waals surface area contributed by atoms with Crippen molar-refractivity contribution in [1.82, 2.24) is 0 Å². The number of nitrogens with two attached hydrogens (primary N) is 4. The van der Waals surface area contributed by atoms with Gasteiger partial charge < -0.3 is 77.6 Å². The molecule has 2 aliphatic heterocycles. The zero-order valence-electron chi connectivity index (χ0n) is 17.9. The van der Waals surface area contributed by atoms with Crippen molar-refractivity contribution in [2.75, 3.05) is 13.2 Å². The van der Waals surface area contributed by atoms with Gasteiger partial charge in [-0.1, -0.05) is 0 Å². The second-order valence-electron chi connectivity index (χ2n) is 8.79. The van der Waals surface area contributed by atoms with Crippen LogP contribution in [0.4, 0.5) is 0 Å². The minimum atomic E-state index is -1.61. The molecule has 1 aliphatic carbocycles. The summed E-state index contributed by atoms with van der Waals surface area (Å²) in [4.78, 5) is 0. The van der Waals surface area contributed by atoms with E-state index in [1.54, 1.807) is 0 Å². The predicted molar refractivity (Wildman–Crippen MR) is 108 cm³/mol. The third kappa shape index (κ3) is 5.32. The third-order valence-electron chi connectivity index (χ3n) is 6.45. The standard InChI is InChI=1S/C18H36N4O11/c19-2-7-10(26)13(29)18(30-7)33-16-9(25)4(20)1-5(21)14(16)31-17-8(22)11(27)12(28)15(32-17)6(24)3-23/h4-18,23-29H,1-3,19-22H2/t4?,5?,6-,7-,8?,9-,10?,11?,12+,13?,14-,15?,16?,17+,18+/m1/s1. The second kappa shape index (κ2) is 11.0. The van der Waals surface area contributed by atoms with Gasteiger partial charge in [0.05, 0.1) is 18.8 Å². The molecule has 15 heteroatoms. The number of hydrogen-bond acceptors (Lipinski definition) is 15. The Morgan fingerprint density at radius 1 is 0.788 bits per heavy atom. The van der Waals surface area contributed by atoms with E-state index in [-0.39, 0.29) is 13.0 Å². The zero-order chi connectivity index (χ0) is 24.6. The van der Waals surface area contributed by atoms with Crippen molar-refractivity contribution in [3.8, 4) is 0 Å². The molecule has 2 saturated heterocycles. The molecule has 0 aromatic rings. The van der Waals surface area contributed by atoms with Crippen LogP contribution in [0.15, 0.2) is 0 Å². The lowest BCUT2D eigenvalue weighted by Gasteiger charge is -2.47. The van der Waals surface area contributed by atoms with E-state index in [2.05, 4.69) is 0 Å². The van der Waals surface area contributed by atoms with Crippen molar-refractivity contribution in [3.05, 3.63) is 0 Å². The zero-order valence-corrected chi connectivity index (χ0v) is 17.9. The normalized spacial score (nSPS) is 52.1. The molecule has 3 fully saturated rings. The molecule has 15 nitrogen and oxygen atoms in total. The van der Waals surface area contributed by atoms with Gasteiger partial charge in [-0.05, 0) is 6.42 Å². The van der Waals surface area contributed by atoms with Crippen molar-refractivity contribution in [3.63, 3.8) is 0 Å². The van der Waals surface area contributed by atoms with Gasteiger partial charge in [-0.15, -0.1) is 0 Å². The fourth-order valence-electron chi connectivity index (χ4n) is 4.39. The van der Waals surface area contributed by atoms with E-state index >= 15 is 0 Å². The fourth-order valence-corrected chi connectivity index (χ4v) is 4.39. The molecule has 0 spiro atoms. The van der Waals surface area contributed by atoms with Crippen molar-refractivity contribution in [1.29, 1.82) is 0 Å². The van der Waals surface area contributed by atoms with Gasteiger partial charge in [0.15, 0.2) is 12.6 Å². The Labute approximate surface area is 189 Å². The number of ether oxygens (including phenoxy) is 4. The molecule has 3 aliphatic rings. The molecular formula is C18H36N4O11. The maximum Gasteiger partial charge on any atom is 0.187 e. The molecule has 0 aromatic heterocycles. The van der Waals surface area contributed by atoms with Gasteiger partial charge in [0.1, 0.15) is 54.9 Å². The van der Waals surface area contributed by atoms with Crippen molar-refractivity contribution in [2.45, 2.75) is 98.2 Å². The smallest absolute Gasteiger partial charge is 0.187 e. The van der Waals surface area contributed by atoms with Crippen molar-refractivity contribution >= 4 is 0 Å². The van der Waals surface area contributed by atoms with Crippen LogP contribution in [0.3, 0.4) is 0 Å². The Hall–Kier alpha value is -0.600.